The molecule has 1 nitrogen and oxygen atoms in total. The van der Waals surface area contributed by atoms with Gasteiger partial charge in [0.05, 0.1) is 11.6 Å². The van der Waals surface area contributed by atoms with Crippen LogP contribution in [0.4, 0.5) is 5.69 Å². The molecule has 24 heavy (non-hydrogen) atoms. The smallest absolute Gasteiger partial charge is 0.0597 e. The van der Waals surface area contributed by atoms with Gasteiger partial charge in [-0.3, -0.25) is 0 Å². The van der Waals surface area contributed by atoms with E-state index in [2.05, 4.69) is 79.4 Å². The first-order chi connectivity index (χ1) is 11.7. The monoisotopic (exact) mass is 317 g/mol. The van der Waals surface area contributed by atoms with Crippen molar-refractivity contribution in [3.63, 3.8) is 0 Å². The van der Waals surface area contributed by atoms with Gasteiger partial charge in [0, 0.05) is 5.69 Å². The topological polar surface area (TPSA) is 3.24 Å². The summed E-state index contributed by atoms with van der Waals surface area (Å²) < 4.78 is 0. The van der Waals surface area contributed by atoms with Crippen LogP contribution in [0, 0.1) is 6.92 Å². The summed E-state index contributed by atoms with van der Waals surface area (Å²) in [5.41, 5.74) is 5.88. The lowest BCUT2D eigenvalue weighted by atomic mass is 9.80. The third kappa shape index (κ3) is 2.47. The predicted molar refractivity (Wildman–Crippen MR) is 103 cm³/mol. The number of hydrogen-bond acceptors (Lipinski definition) is 1. The van der Waals surface area contributed by atoms with Gasteiger partial charge in [-0.25, -0.2) is 0 Å². The van der Waals surface area contributed by atoms with Crippen molar-refractivity contribution in [1.82, 2.24) is 0 Å². The van der Waals surface area contributed by atoms with Crippen LogP contribution in [-0.4, -0.2) is 11.6 Å². The van der Waals surface area contributed by atoms with E-state index < -0.39 is 0 Å². The fraction of sp³-hybridized carbons (Fsp3) is 0.391. The number of nitrogens with zero attached hydrogens (tertiary/aromatic N) is 1. The van der Waals surface area contributed by atoms with Crippen LogP contribution in [0.5, 0.6) is 0 Å². The molecule has 1 fully saturated rings. The van der Waals surface area contributed by atoms with E-state index in [9.17, 15) is 0 Å². The normalized spacial score (nSPS) is 22.7. The Bertz CT molecular complexity index is 738. The van der Waals surface area contributed by atoms with E-state index in [4.69, 9.17) is 0 Å². The molecule has 0 radical (unpaired) electrons. The van der Waals surface area contributed by atoms with Crippen molar-refractivity contribution in [2.24, 2.45) is 0 Å². The maximum atomic E-state index is 2.73. The number of benzene rings is 2. The second-order valence-corrected chi connectivity index (χ2v) is 7.46. The van der Waals surface area contributed by atoms with Crippen molar-refractivity contribution >= 4 is 11.3 Å². The number of anilines is 1. The van der Waals surface area contributed by atoms with Crippen molar-refractivity contribution in [2.75, 3.05) is 4.90 Å². The van der Waals surface area contributed by atoms with Crippen LogP contribution < -0.4 is 4.90 Å². The fourth-order valence-electron chi connectivity index (χ4n) is 4.79. The molecule has 1 aliphatic carbocycles. The van der Waals surface area contributed by atoms with E-state index >= 15 is 0 Å². The van der Waals surface area contributed by atoms with Gasteiger partial charge in [-0.15, -0.1) is 0 Å². The second kappa shape index (κ2) is 6.12. The van der Waals surface area contributed by atoms with Crippen LogP contribution >= 0.6 is 0 Å². The largest absolute Gasteiger partial charge is 0.355 e. The molecule has 0 aromatic heterocycles. The molecule has 0 amide bonds. The summed E-state index contributed by atoms with van der Waals surface area (Å²) in [4.78, 5) is 2.73. The maximum Gasteiger partial charge on any atom is 0.0597 e. The molecule has 4 rings (SSSR count). The Morgan fingerprint density at radius 2 is 1.54 bits per heavy atom. The molecule has 1 aliphatic heterocycles. The highest BCUT2D eigenvalue weighted by atomic mass is 15.2. The SMILES string of the molecule is Cc1ccccc1N1[C@@H](C)C(c2ccccc2)=CC12CCCCC2. The highest BCUT2D eigenvalue weighted by Gasteiger charge is 2.45. The van der Waals surface area contributed by atoms with Crippen molar-refractivity contribution in [2.45, 2.75) is 57.5 Å². The van der Waals surface area contributed by atoms with Gasteiger partial charge in [-0.1, -0.05) is 73.9 Å². The first-order valence-electron chi connectivity index (χ1n) is 9.34. The molecule has 1 saturated carbocycles. The van der Waals surface area contributed by atoms with Gasteiger partial charge in [0.25, 0.3) is 0 Å². The van der Waals surface area contributed by atoms with Crippen LogP contribution in [0.15, 0.2) is 60.7 Å². The van der Waals surface area contributed by atoms with E-state index in [0.29, 0.717) is 6.04 Å². The zero-order valence-corrected chi connectivity index (χ0v) is 14.8. The van der Waals surface area contributed by atoms with Gasteiger partial charge in [0.15, 0.2) is 0 Å². The van der Waals surface area contributed by atoms with Crippen molar-refractivity contribution in [1.29, 1.82) is 0 Å². The lowest BCUT2D eigenvalue weighted by Crippen LogP contribution is -2.49. The molecular formula is C23H27N. The van der Waals surface area contributed by atoms with Crippen molar-refractivity contribution in [3.05, 3.63) is 71.8 Å². The zero-order valence-electron chi connectivity index (χ0n) is 14.8. The Hall–Kier alpha value is -2.02. The Morgan fingerprint density at radius 1 is 0.875 bits per heavy atom. The average Bonchev–Trinajstić information content (AvgIpc) is 2.89. The Labute approximate surface area is 146 Å². The maximum absolute atomic E-state index is 2.73. The minimum atomic E-state index is 0.203. The Morgan fingerprint density at radius 3 is 2.25 bits per heavy atom. The van der Waals surface area contributed by atoms with Gasteiger partial charge >= 0.3 is 0 Å². The first-order valence-corrected chi connectivity index (χ1v) is 9.34. The molecule has 124 valence electrons. The fourth-order valence-corrected chi connectivity index (χ4v) is 4.79. The van der Waals surface area contributed by atoms with Gasteiger partial charge < -0.3 is 4.90 Å². The van der Waals surface area contributed by atoms with Crippen LogP contribution in [0.1, 0.15) is 50.2 Å². The minimum absolute atomic E-state index is 0.203. The molecule has 0 N–H and O–H groups in total. The van der Waals surface area contributed by atoms with E-state index in [-0.39, 0.29) is 5.54 Å². The molecule has 1 heteroatoms. The summed E-state index contributed by atoms with van der Waals surface area (Å²) in [6, 6.07) is 20.3. The number of para-hydroxylation sites is 1. The lowest BCUT2D eigenvalue weighted by molar-refractivity contribution is 0.339. The molecule has 1 atom stereocenters. The highest BCUT2D eigenvalue weighted by molar-refractivity contribution is 5.80. The molecular weight excluding hydrogens is 290 g/mol. The van der Waals surface area contributed by atoms with Gasteiger partial charge in [-0.2, -0.15) is 0 Å². The number of aryl methyl sites for hydroxylation is 1. The summed E-state index contributed by atoms with van der Waals surface area (Å²) in [6.45, 7) is 4.63. The summed E-state index contributed by atoms with van der Waals surface area (Å²) in [5.74, 6) is 0. The Kier molecular flexibility index (Phi) is 3.96. The van der Waals surface area contributed by atoms with Gasteiger partial charge in [-0.05, 0) is 49.5 Å². The van der Waals surface area contributed by atoms with Crippen LogP contribution in [0.2, 0.25) is 0 Å². The van der Waals surface area contributed by atoms with Gasteiger partial charge in [0.1, 0.15) is 0 Å². The lowest BCUT2D eigenvalue weighted by Gasteiger charge is -2.45. The second-order valence-electron chi connectivity index (χ2n) is 7.46. The van der Waals surface area contributed by atoms with Crippen molar-refractivity contribution < 1.29 is 0 Å². The number of rotatable bonds is 2. The molecule has 2 aromatic rings. The summed E-state index contributed by atoms with van der Waals surface area (Å²) >= 11 is 0. The quantitative estimate of drug-likeness (QED) is 0.657. The molecule has 0 bridgehead atoms. The van der Waals surface area contributed by atoms with Crippen molar-refractivity contribution in [3.8, 4) is 0 Å². The van der Waals surface area contributed by atoms with E-state index in [1.807, 2.05) is 0 Å². The third-order valence-electron chi connectivity index (χ3n) is 5.94. The Balaban J connectivity index is 1.83. The van der Waals surface area contributed by atoms with Gasteiger partial charge in [0.2, 0.25) is 0 Å². The summed E-state index contributed by atoms with van der Waals surface area (Å²) in [6.07, 6.45) is 9.23. The first kappa shape index (κ1) is 15.5. The van der Waals surface area contributed by atoms with E-state index in [1.165, 1.54) is 54.5 Å². The molecule has 0 unspecified atom stereocenters. The molecule has 0 saturated heterocycles. The zero-order chi connectivity index (χ0) is 16.6. The number of hydrogen-bond donors (Lipinski definition) is 0. The van der Waals surface area contributed by atoms with Crippen LogP contribution in [0.3, 0.4) is 0 Å². The molecule has 2 aliphatic rings. The minimum Gasteiger partial charge on any atom is -0.355 e. The summed E-state index contributed by atoms with van der Waals surface area (Å²) in [5, 5.41) is 0. The predicted octanol–water partition coefficient (Wildman–Crippen LogP) is 5.99. The van der Waals surface area contributed by atoms with Crippen LogP contribution in [0.25, 0.3) is 5.57 Å². The summed E-state index contributed by atoms with van der Waals surface area (Å²) in [7, 11) is 0. The third-order valence-corrected chi connectivity index (χ3v) is 5.94. The standard InChI is InChI=1S/C23H27N/c1-18-11-7-8-14-22(18)24-19(2)21(20-12-5-3-6-13-20)17-23(24)15-9-4-10-16-23/h3,5-8,11-14,17,19H,4,9-10,15-16H2,1-2H3/t19-/m0/s1. The highest BCUT2D eigenvalue weighted by Crippen LogP contribution is 2.48. The molecule has 1 spiro atoms. The van der Waals surface area contributed by atoms with Crippen LogP contribution in [-0.2, 0) is 0 Å². The van der Waals surface area contributed by atoms with E-state index in [1.54, 1.807) is 0 Å². The average molecular weight is 317 g/mol. The molecule has 2 aromatic carbocycles. The van der Waals surface area contributed by atoms with E-state index in [0.717, 1.165) is 0 Å². The molecule has 1 heterocycles.